The molecule has 0 radical (unpaired) electrons. The Morgan fingerprint density at radius 1 is 1.19 bits per heavy atom. The van der Waals surface area contributed by atoms with Gasteiger partial charge in [-0.2, -0.15) is 0 Å². The molecule has 1 heterocycles. The average molecular weight is 304 g/mol. The minimum atomic E-state index is 0.449. The molecule has 4 heteroatoms. The van der Waals surface area contributed by atoms with Crippen LogP contribution in [-0.4, -0.2) is 16.5 Å². The van der Waals surface area contributed by atoms with E-state index in [1.54, 1.807) is 0 Å². The summed E-state index contributed by atoms with van der Waals surface area (Å²) in [6.45, 7) is 6.94. The summed E-state index contributed by atoms with van der Waals surface area (Å²) < 4.78 is 0. The van der Waals surface area contributed by atoms with Gasteiger partial charge < -0.3 is 5.73 Å². The summed E-state index contributed by atoms with van der Waals surface area (Å²) in [5.74, 6) is 1.29. The maximum Gasteiger partial charge on any atom is 0.133 e. The molecule has 1 unspecified atom stereocenters. The van der Waals surface area contributed by atoms with E-state index < -0.39 is 0 Å². The largest absolute Gasteiger partial charge is 0.330 e. The number of halogens is 1. The highest BCUT2D eigenvalue weighted by Gasteiger charge is 2.12. The Bertz CT molecular complexity index is 602. The first-order chi connectivity index (χ1) is 9.99. The normalized spacial score (nSPS) is 12.4. The van der Waals surface area contributed by atoms with Crippen LogP contribution in [0.2, 0.25) is 5.02 Å². The lowest BCUT2D eigenvalue weighted by atomic mass is 9.99. The number of aromatic nitrogens is 2. The molecule has 2 rings (SSSR count). The standard InChI is InChI=1S/C17H22ClN3/c1-11(10-19)7-16-12(2)20-17(21-13(16)3)9-14-5-4-6-15(18)8-14/h4-6,8,11H,7,9-10,19H2,1-3H3. The van der Waals surface area contributed by atoms with Crippen molar-refractivity contribution in [1.82, 2.24) is 9.97 Å². The Hall–Kier alpha value is -1.45. The Kier molecular flexibility index (Phi) is 5.32. The van der Waals surface area contributed by atoms with Crippen LogP contribution < -0.4 is 5.73 Å². The fraction of sp³-hybridized carbons (Fsp3) is 0.412. The molecule has 0 aliphatic rings. The van der Waals surface area contributed by atoms with Crippen molar-refractivity contribution in [2.75, 3.05) is 6.54 Å². The third-order valence-corrected chi connectivity index (χ3v) is 3.91. The second-order valence-electron chi connectivity index (χ2n) is 5.64. The van der Waals surface area contributed by atoms with Crippen LogP contribution >= 0.6 is 11.6 Å². The zero-order chi connectivity index (χ0) is 15.4. The van der Waals surface area contributed by atoms with Crippen molar-refractivity contribution in [1.29, 1.82) is 0 Å². The first kappa shape index (κ1) is 15.9. The summed E-state index contributed by atoms with van der Waals surface area (Å²) in [6.07, 6.45) is 1.64. The minimum Gasteiger partial charge on any atom is -0.330 e. The molecule has 1 atom stereocenters. The van der Waals surface area contributed by atoms with Crippen LogP contribution in [0.5, 0.6) is 0 Å². The van der Waals surface area contributed by atoms with E-state index in [1.807, 2.05) is 24.3 Å². The Balaban J connectivity index is 2.23. The predicted octanol–water partition coefficient (Wildman–Crippen LogP) is 3.47. The molecule has 2 N–H and O–H groups in total. The second kappa shape index (κ2) is 7.01. The topological polar surface area (TPSA) is 51.8 Å². The van der Waals surface area contributed by atoms with Crippen LogP contribution in [0.3, 0.4) is 0 Å². The highest BCUT2D eigenvalue weighted by Crippen LogP contribution is 2.18. The van der Waals surface area contributed by atoms with E-state index in [1.165, 1.54) is 5.56 Å². The van der Waals surface area contributed by atoms with Gasteiger partial charge in [-0.25, -0.2) is 9.97 Å². The van der Waals surface area contributed by atoms with E-state index in [0.29, 0.717) is 18.9 Å². The third-order valence-electron chi connectivity index (χ3n) is 3.67. The Morgan fingerprint density at radius 3 is 2.43 bits per heavy atom. The molecule has 0 bridgehead atoms. The number of nitrogens with two attached hydrogens (primary N) is 1. The second-order valence-corrected chi connectivity index (χ2v) is 6.08. The first-order valence-electron chi connectivity index (χ1n) is 7.27. The molecule has 3 nitrogen and oxygen atoms in total. The van der Waals surface area contributed by atoms with Crippen LogP contribution in [-0.2, 0) is 12.8 Å². The zero-order valence-electron chi connectivity index (χ0n) is 12.9. The van der Waals surface area contributed by atoms with Gasteiger partial charge in [0.05, 0.1) is 0 Å². The molecule has 2 aromatic rings. The monoisotopic (exact) mass is 303 g/mol. The first-order valence-corrected chi connectivity index (χ1v) is 7.65. The summed E-state index contributed by atoms with van der Waals surface area (Å²) in [4.78, 5) is 9.30. The molecular formula is C17H22ClN3. The van der Waals surface area contributed by atoms with E-state index in [4.69, 9.17) is 17.3 Å². The molecule has 0 saturated heterocycles. The molecule has 1 aromatic carbocycles. The summed E-state index contributed by atoms with van der Waals surface area (Å²) >= 11 is 6.02. The van der Waals surface area contributed by atoms with E-state index in [-0.39, 0.29) is 0 Å². The fourth-order valence-electron chi connectivity index (χ4n) is 2.44. The Morgan fingerprint density at radius 2 is 1.86 bits per heavy atom. The van der Waals surface area contributed by atoms with Crippen LogP contribution in [0.25, 0.3) is 0 Å². The van der Waals surface area contributed by atoms with Crippen molar-refractivity contribution >= 4 is 11.6 Å². The average Bonchev–Trinajstić information content (AvgIpc) is 2.42. The lowest BCUT2D eigenvalue weighted by Crippen LogP contribution is -2.16. The lowest BCUT2D eigenvalue weighted by Gasteiger charge is -2.14. The number of benzene rings is 1. The van der Waals surface area contributed by atoms with Crippen molar-refractivity contribution in [2.45, 2.75) is 33.6 Å². The number of hydrogen-bond acceptors (Lipinski definition) is 3. The fourth-order valence-corrected chi connectivity index (χ4v) is 2.66. The predicted molar refractivity (Wildman–Crippen MR) is 87.7 cm³/mol. The van der Waals surface area contributed by atoms with Crippen LogP contribution in [0.4, 0.5) is 0 Å². The van der Waals surface area contributed by atoms with Gasteiger partial charge >= 0.3 is 0 Å². The number of hydrogen-bond donors (Lipinski definition) is 1. The maximum absolute atomic E-state index is 6.02. The van der Waals surface area contributed by atoms with Crippen molar-refractivity contribution in [2.24, 2.45) is 11.7 Å². The van der Waals surface area contributed by atoms with Gasteiger partial charge in [-0.1, -0.05) is 30.7 Å². The number of rotatable bonds is 5. The van der Waals surface area contributed by atoms with Gasteiger partial charge in [0.15, 0.2) is 0 Å². The number of aryl methyl sites for hydroxylation is 2. The van der Waals surface area contributed by atoms with Crippen LogP contribution in [0.15, 0.2) is 24.3 Å². The molecule has 1 aromatic heterocycles. The number of nitrogens with zero attached hydrogens (tertiary/aromatic N) is 2. The van der Waals surface area contributed by atoms with E-state index in [9.17, 15) is 0 Å². The van der Waals surface area contributed by atoms with Crippen molar-refractivity contribution < 1.29 is 0 Å². The van der Waals surface area contributed by atoms with Gasteiger partial charge in [0.2, 0.25) is 0 Å². The third kappa shape index (κ3) is 4.26. The van der Waals surface area contributed by atoms with Crippen molar-refractivity contribution in [3.05, 3.63) is 57.6 Å². The van der Waals surface area contributed by atoms with Crippen molar-refractivity contribution in [3.63, 3.8) is 0 Å². The van der Waals surface area contributed by atoms with Gasteiger partial charge in [0.25, 0.3) is 0 Å². The molecule has 0 saturated carbocycles. The smallest absolute Gasteiger partial charge is 0.133 e. The maximum atomic E-state index is 6.02. The minimum absolute atomic E-state index is 0.449. The van der Waals surface area contributed by atoms with Crippen molar-refractivity contribution in [3.8, 4) is 0 Å². The molecule has 0 aliphatic carbocycles. The van der Waals surface area contributed by atoms with E-state index in [2.05, 4.69) is 30.7 Å². The SMILES string of the molecule is Cc1nc(Cc2cccc(Cl)c2)nc(C)c1CC(C)CN. The molecule has 0 aliphatic heterocycles. The summed E-state index contributed by atoms with van der Waals surface area (Å²) in [5.41, 5.74) is 10.2. The van der Waals surface area contributed by atoms with E-state index in [0.717, 1.165) is 34.2 Å². The Labute approximate surface area is 131 Å². The molecule has 21 heavy (non-hydrogen) atoms. The van der Waals surface area contributed by atoms with E-state index >= 15 is 0 Å². The molecular weight excluding hydrogens is 282 g/mol. The van der Waals surface area contributed by atoms with Gasteiger partial charge in [-0.15, -0.1) is 0 Å². The summed E-state index contributed by atoms with van der Waals surface area (Å²) in [7, 11) is 0. The highest BCUT2D eigenvalue weighted by molar-refractivity contribution is 6.30. The quantitative estimate of drug-likeness (QED) is 0.920. The zero-order valence-corrected chi connectivity index (χ0v) is 13.6. The highest BCUT2D eigenvalue weighted by atomic mass is 35.5. The summed E-state index contributed by atoms with van der Waals surface area (Å²) in [5, 5.41) is 0.745. The van der Waals surface area contributed by atoms with Gasteiger partial charge in [-0.3, -0.25) is 0 Å². The van der Waals surface area contributed by atoms with Crippen LogP contribution in [0.1, 0.15) is 35.3 Å². The molecule has 112 valence electrons. The van der Waals surface area contributed by atoms with Gasteiger partial charge in [0, 0.05) is 22.8 Å². The summed E-state index contributed by atoms with van der Waals surface area (Å²) in [6, 6.07) is 7.83. The van der Waals surface area contributed by atoms with Gasteiger partial charge in [-0.05, 0) is 56.0 Å². The molecule has 0 amide bonds. The molecule has 0 fully saturated rings. The molecule has 0 spiro atoms. The lowest BCUT2D eigenvalue weighted by molar-refractivity contribution is 0.584. The van der Waals surface area contributed by atoms with Crippen LogP contribution in [0, 0.1) is 19.8 Å². The van der Waals surface area contributed by atoms with Gasteiger partial charge in [0.1, 0.15) is 5.82 Å².